The summed E-state index contributed by atoms with van der Waals surface area (Å²) >= 11 is 3.43. The fourth-order valence-electron chi connectivity index (χ4n) is 1.34. The fraction of sp³-hybridized carbons (Fsp3) is 0.111. The molecule has 1 aromatic carbocycles. The van der Waals surface area contributed by atoms with Crippen LogP contribution in [0.2, 0.25) is 5.02 Å². The number of amides is 1. The van der Waals surface area contributed by atoms with Gasteiger partial charge in [-0.2, -0.15) is 4.31 Å². The molecule has 1 fully saturated rings. The molecule has 1 saturated heterocycles. The molecular formula is C9H6ClFNO3S. The molecule has 1 radical (unpaired) electrons. The van der Waals surface area contributed by atoms with E-state index < -0.39 is 28.9 Å². The van der Waals surface area contributed by atoms with Crippen LogP contribution in [0.15, 0.2) is 18.2 Å². The molecule has 1 unspecified atom stereocenters. The average Bonchev–Trinajstić information content (AvgIpc) is 2.47. The third-order valence-corrected chi connectivity index (χ3v) is 3.79. The van der Waals surface area contributed by atoms with Crippen LogP contribution in [0.4, 0.5) is 10.1 Å². The maximum atomic E-state index is 12.9. The molecule has 0 bridgehead atoms. The number of anilines is 1. The van der Waals surface area contributed by atoms with Crippen LogP contribution in [0, 0.1) is 5.82 Å². The first-order valence-electron chi connectivity index (χ1n) is 4.27. The summed E-state index contributed by atoms with van der Waals surface area (Å²) in [5.41, 5.74) is 0.170. The zero-order valence-electron chi connectivity index (χ0n) is 7.81. The Morgan fingerprint density at radius 1 is 1.44 bits per heavy atom. The molecule has 4 nitrogen and oxygen atoms in total. The fourth-order valence-corrected chi connectivity index (χ4v) is 2.74. The summed E-state index contributed by atoms with van der Waals surface area (Å²) in [6.07, 6.45) is 0. The highest BCUT2D eigenvalue weighted by molar-refractivity contribution is 7.95. The van der Waals surface area contributed by atoms with Gasteiger partial charge in [-0.05, 0) is 18.2 Å². The molecule has 0 aliphatic carbocycles. The second kappa shape index (κ2) is 4.04. The number of thiol groups is 1. The lowest BCUT2D eigenvalue weighted by atomic mass is 10.3. The molecule has 0 saturated carbocycles. The van der Waals surface area contributed by atoms with Crippen molar-refractivity contribution in [3.05, 3.63) is 29.0 Å². The minimum Gasteiger partial charge on any atom is -0.633 e. The summed E-state index contributed by atoms with van der Waals surface area (Å²) < 4.78 is 25.2. The highest BCUT2D eigenvalue weighted by atomic mass is 35.5. The minimum absolute atomic E-state index is 0.170. The number of nitrogens with zero attached hydrogens (tertiary/aromatic N) is 1. The van der Waals surface area contributed by atoms with Crippen LogP contribution in [0.25, 0.3) is 0 Å². The number of ketones is 1. The zero-order valence-corrected chi connectivity index (χ0v) is 9.46. The summed E-state index contributed by atoms with van der Waals surface area (Å²) in [6, 6.07) is 3.47. The molecule has 0 spiro atoms. The Labute approximate surface area is 98.3 Å². The van der Waals surface area contributed by atoms with Gasteiger partial charge in [0.25, 0.3) is 5.78 Å². The second-order valence-electron chi connectivity index (χ2n) is 3.15. The molecule has 0 aromatic heterocycles. The molecule has 7 heteroatoms. The minimum atomic E-state index is -2.10. The van der Waals surface area contributed by atoms with Crippen molar-refractivity contribution in [3.8, 4) is 0 Å². The molecule has 1 aliphatic heterocycles. The van der Waals surface area contributed by atoms with E-state index in [2.05, 4.69) is 0 Å². The van der Waals surface area contributed by atoms with Crippen LogP contribution >= 0.6 is 11.6 Å². The van der Waals surface area contributed by atoms with Crippen molar-refractivity contribution in [2.24, 2.45) is 0 Å². The Bertz CT molecular complexity index is 482. The molecule has 1 amide bonds. The van der Waals surface area contributed by atoms with Crippen LogP contribution in [-0.4, -0.2) is 22.0 Å². The zero-order chi connectivity index (χ0) is 11.9. The van der Waals surface area contributed by atoms with Gasteiger partial charge in [-0.15, -0.1) is 0 Å². The second-order valence-corrected chi connectivity index (χ2v) is 4.98. The van der Waals surface area contributed by atoms with Gasteiger partial charge in [-0.25, -0.2) is 4.39 Å². The highest BCUT2D eigenvalue weighted by Crippen LogP contribution is 2.27. The van der Waals surface area contributed by atoms with Gasteiger partial charge in [0, 0.05) is 0 Å². The number of carbonyl (C=O) groups is 2. The standard InChI is InChI=1S/C9H6ClFNO3S/c10-6-3-5(1-2-7(6)11)12-9(14)8(13)4-16(12)15/h1-3,16H,4H2. The van der Waals surface area contributed by atoms with E-state index in [9.17, 15) is 18.5 Å². The van der Waals surface area contributed by atoms with Gasteiger partial charge in [-0.3, -0.25) is 9.59 Å². The van der Waals surface area contributed by atoms with Crippen molar-refractivity contribution in [3.63, 3.8) is 0 Å². The van der Waals surface area contributed by atoms with Crippen LogP contribution in [0.1, 0.15) is 0 Å². The average molecular weight is 263 g/mol. The van der Waals surface area contributed by atoms with Crippen molar-refractivity contribution < 1.29 is 18.5 Å². The molecule has 1 heterocycles. The van der Waals surface area contributed by atoms with Gasteiger partial charge >= 0.3 is 5.91 Å². The third kappa shape index (κ3) is 1.79. The molecule has 0 N–H and O–H groups in total. The van der Waals surface area contributed by atoms with E-state index in [-0.39, 0.29) is 16.5 Å². The Morgan fingerprint density at radius 2 is 2.12 bits per heavy atom. The van der Waals surface area contributed by atoms with Crippen LogP contribution < -0.4 is 4.31 Å². The lowest BCUT2D eigenvalue weighted by Crippen LogP contribution is -2.30. The summed E-state index contributed by atoms with van der Waals surface area (Å²) in [5, 5.41) is -0.187. The summed E-state index contributed by atoms with van der Waals surface area (Å²) in [6.45, 7) is 0. The number of halogens is 2. The van der Waals surface area contributed by atoms with Crippen LogP contribution in [0.5, 0.6) is 0 Å². The first-order chi connectivity index (χ1) is 7.50. The Hall–Kier alpha value is -1.11. The van der Waals surface area contributed by atoms with E-state index in [1.807, 2.05) is 0 Å². The molecule has 1 aliphatic rings. The van der Waals surface area contributed by atoms with E-state index in [4.69, 9.17) is 11.6 Å². The van der Waals surface area contributed by atoms with Gasteiger partial charge in [0.2, 0.25) is 0 Å². The topological polar surface area (TPSA) is 60.4 Å². The maximum absolute atomic E-state index is 12.9. The monoisotopic (exact) mass is 262 g/mol. The Morgan fingerprint density at radius 3 is 2.62 bits per heavy atom. The third-order valence-electron chi connectivity index (χ3n) is 2.08. The van der Waals surface area contributed by atoms with Gasteiger partial charge in [-0.1, -0.05) is 23.0 Å². The summed E-state index contributed by atoms with van der Waals surface area (Å²) in [7, 11) is 0. The number of carbonyl (C=O) groups excluding carboxylic acids is 2. The van der Waals surface area contributed by atoms with Gasteiger partial charge in [0.05, 0.1) is 10.7 Å². The van der Waals surface area contributed by atoms with Crippen LogP contribution in [-0.2, 0) is 21.0 Å². The molecule has 1 aromatic rings. The molecule has 1 atom stereocenters. The lowest BCUT2D eigenvalue weighted by Gasteiger charge is -2.21. The molecule has 16 heavy (non-hydrogen) atoms. The van der Waals surface area contributed by atoms with Crippen molar-refractivity contribution in [1.82, 2.24) is 0 Å². The quantitative estimate of drug-likeness (QED) is 0.427. The normalized spacial score (nSPS) is 20.7. The van der Waals surface area contributed by atoms with Crippen molar-refractivity contribution in [2.75, 3.05) is 10.1 Å². The number of rotatable bonds is 1. The Balaban J connectivity index is 2.41. The number of benzene rings is 1. The SMILES string of the molecule is O=C1C[SH+]([O-])N(c2ccc(F)c(Cl)c2)C1=O. The summed E-state index contributed by atoms with van der Waals surface area (Å²) in [4.78, 5) is 22.4. The predicted octanol–water partition coefficient (Wildman–Crippen LogP) is 0.791. The molecule has 2 rings (SSSR count). The number of hydrogen-bond acceptors (Lipinski definition) is 3. The summed E-state index contributed by atoms with van der Waals surface area (Å²) in [5.74, 6) is -2.49. The smallest absolute Gasteiger partial charge is 0.337 e. The van der Waals surface area contributed by atoms with Crippen LogP contribution in [0.3, 0.4) is 0 Å². The van der Waals surface area contributed by atoms with Crippen molar-refractivity contribution in [2.45, 2.75) is 0 Å². The van der Waals surface area contributed by atoms with Gasteiger partial charge in [0.1, 0.15) is 5.82 Å². The van der Waals surface area contributed by atoms with E-state index in [0.29, 0.717) is 0 Å². The molecular weight excluding hydrogens is 257 g/mol. The van der Waals surface area contributed by atoms with E-state index in [0.717, 1.165) is 10.4 Å². The first-order valence-corrected chi connectivity index (χ1v) is 6.05. The van der Waals surface area contributed by atoms with E-state index >= 15 is 0 Å². The Kier molecular flexibility index (Phi) is 2.88. The lowest BCUT2D eigenvalue weighted by molar-refractivity contribution is -0.133. The van der Waals surface area contributed by atoms with Gasteiger partial charge in [0.15, 0.2) is 5.75 Å². The van der Waals surface area contributed by atoms with Gasteiger partial charge < -0.3 is 4.55 Å². The van der Waals surface area contributed by atoms with Crippen molar-refractivity contribution >= 4 is 40.3 Å². The largest absolute Gasteiger partial charge is 0.633 e. The highest BCUT2D eigenvalue weighted by Gasteiger charge is 2.39. The number of hydrogen-bond donors (Lipinski definition) is 0. The first kappa shape index (κ1) is 11.4. The number of Topliss-reactive ketones (excluding diaryl/α,β-unsaturated/α-hetero) is 1. The predicted molar refractivity (Wildman–Crippen MR) is 58.3 cm³/mol. The molecule has 85 valence electrons. The van der Waals surface area contributed by atoms with E-state index in [1.165, 1.54) is 12.1 Å². The van der Waals surface area contributed by atoms with E-state index in [1.54, 1.807) is 0 Å². The maximum Gasteiger partial charge on any atom is 0.337 e. The van der Waals surface area contributed by atoms with Crippen molar-refractivity contribution in [1.29, 1.82) is 0 Å².